The summed E-state index contributed by atoms with van der Waals surface area (Å²) < 4.78 is 7.04. The number of amides is 1. The minimum Gasteiger partial charge on any atom is -0.497 e. The summed E-state index contributed by atoms with van der Waals surface area (Å²) in [6, 6.07) is 12.9. The zero-order valence-corrected chi connectivity index (χ0v) is 14.6. The van der Waals surface area contributed by atoms with E-state index in [1.807, 2.05) is 30.7 Å². The molecular weight excluding hydrogens is 330 g/mol. The minimum absolute atomic E-state index is 0.168. The molecule has 0 aliphatic heterocycles. The molecule has 0 bridgehead atoms. The summed E-state index contributed by atoms with van der Waals surface area (Å²) in [7, 11) is 3.50. The van der Waals surface area contributed by atoms with Crippen molar-refractivity contribution in [3.05, 3.63) is 53.6 Å². The second-order valence-corrected chi connectivity index (χ2v) is 6.07. The van der Waals surface area contributed by atoms with Gasteiger partial charge in [0, 0.05) is 18.0 Å². The molecular formula is C19H17N5O2. The lowest BCUT2D eigenvalue weighted by Gasteiger charge is -2.05. The van der Waals surface area contributed by atoms with Crippen molar-refractivity contribution in [2.45, 2.75) is 6.92 Å². The van der Waals surface area contributed by atoms with Gasteiger partial charge in [0.15, 0.2) is 5.65 Å². The number of aryl methyl sites for hydroxylation is 2. The fraction of sp³-hybridized carbons (Fsp3) is 0.158. The molecule has 0 unspecified atom stereocenters. The van der Waals surface area contributed by atoms with Crippen LogP contribution in [0.25, 0.3) is 22.1 Å². The normalized spacial score (nSPS) is 11.0. The summed E-state index contributed by atoms with van der Waals surface area (Å²) in [5, 5.41) is 12.0. The number of aromatic nitrogens is 4. The molecule has 0 atom stereocenters. The van der Waals surface area contributed by atoms with E-state index < -0.39 is 0 Å². The lowest BCUT2D eigenvalue weighted by atomic mass is 10.2. The molecule has 7 heteroatoms. The zero-order valence-electron chi connectivity index (χ0n) is 14.6. The van der Waals surface area contributed by atoms with E-state index in [1.54, 1.807) is 31.4 Å². The van der Waals surface area contributed by atoms with Crippen LogP contribution < -0.4 is 10.1 Å². The van der Waals surface area contributed by atoms with Crippen LogP contribution in [0.2, 0.25) is 0 Å². The zero-order chi connectivity index (χ0) is 18.3. The van der Waals surface area contributed by atoms with Crippen molar-refractivity contribution in [3.8, 4) is 5.75 Å². The van der Waals surface area contributed by atoms with E-state index in [1.165, 1.54) is 0 Å². The first kappa shape index (κ1) is 16.0. The van der Waals surface area contributed by atoms with Gasteiger partial charge in [0.1, 0.15) is 11.3 Å². The van der Waals surface area contributed by atoms with E-state index in [9.17, 15) is 4.79 Å². The number of anilines is 1. The number of benzene rings is 2. The van der Waals surface area contributed by atoms with Gasteiger partial charge < -0.3 is 9.30 Å². The maximum Gasteiger partial charge on any atom is 0.258 e. The first-order chi connectivity index (χ1) is 12.6. The maximum atomic E-state index is 12.4. The molecule has 0 spiro atoms. The number of nitrogens with zero attached hydrogens (tertiary/aromatic N) is 4. The number of nitrogens with one attached hydrogen (secondary N) is 1. The predicted octanol–water partition coefficient (Wildman–Crippen LogP) is 3.09. The fourth-order valence-electron chi connectivity index (χ4n) is 2.94. The topological polar surface area (TPSA) is 81.9 Å². The molecule has 4 aromatic rings. The lowest BCUT2D eigenvalue weighted by molar-refractivity contribution is 0.102. The molecule has 130 valence electrons. The van der Waals surface area contributed by atoms with Gasteiger partial charge >= 0.3 is 0 Å². The molecule has 2 aromatic carbocycles. The number of carbonyl (C=O) groups excluding carboxylic acids is 1. The molecule has 0 saturated heterocycles. The first-order valence-corrected chi connectivity index (χ1v) is 8.11. The Hall–Kier alpha value is -3.48. The SMILES string of the molecule is COc1ccc(C(=O)Nc2nnc3c4cc(C)ccc4n(C)c3n2)cc1. The van der Waals surface area contributed by atoms with Crippen LogP contribution in [0.15, 0.2) is 42.5 Å². The minimum atomic E-state index is -0.302. The Kier molecular flexibility index (Phi) is 3.76. The molecule has 1 N–H and O–H groups in total. The highest BCUT2D eigenvalue weighted by Crippen LogP contribution is 2.26. The van der Waals surface area contributed by atoms with Gasteiger partial charge in [-0.05, 0) is 43.3 Å². The number of hydrogen-bond acceptors (Lipinski definition) is 5. The average Bonchev–Trinajstić information content (AvgIpc) is 2.93. The molecule has 26 heavy (non-hydrogen) atoms. The third-order valence-corrected chi connectivity index (χ3v) is 4.33. The van der Waals surface area contributed by atoms with Crippen LogP contribution >= 0.6 is 0 Å². The van der Waals surface area contributed by atoms with E-state index in [2.05, 4.69) is 26.6 Å². The Morgan fingerprint density at radius 2 is 1.88 bits per heavy atom. The van der Waals surface area contributed by atoms with Crippen molar-refractivity contribution < 1.29 is 9.53 Å². The largest absolute Gasteiger partial charge is 0.497 e. The van der Waals surface area contributed by atoms with Crippen molar-refractivity contribution >= 4 is 33.9 Å². The van der Waals surface area contributed by atoms with Crippen molar-refractivity contribution in [2.75, 3.05) is 12.4 Å². The number of fused-ring (bicyclic) bond motifs is 3. The summed E-state index contributed by atoms with van der Waals surface area (Å²) in [6.45, 7) is 2.03. The van der Waals surface area contributed by atoms with Crippen molar-refractivity contribution in [2.24, 2.45) is 7.05 Å². The van der Waals surface area contributed by atoms with Crippen molar-refractivity contribution in [1.82, 2.24) is 19.7 Å². The molecule has 4 rings (SSSR count). The van der Waals surface area contributed by atoms with Crippen LogP contribution in [0.5, 0.6) is 5.75 Å². The molecule has 0 aliphatic carbocycles. The number of carbonyl (C=O) groups is 1. The van der Waals surface area contributed by atoms with E-state index in [-0.39, 0.29) is 11.9 Å². The highest BCUT2D eigenvalue weighted by Gasteiger charge is 2.14. The van der Waals surface area contributed by atoms with Crippen molar-refractivity contribution in [3.63, 3.8) is 0 Å². The monoisotopic (exact) mass is 347 g/mol. The molecule has 2 aromatic heterocycles. The van der Waals surface area contributed by atoms with Gasteiger partial charge in [-0.15, -0.1) is 10.2 Å². The summed E-state index contributed by atoms with van der Waals surface area (Å²) in [5.41, 5.74) is 4.04. The van der Waals surface area contributed by atoms with Crippen LogP contribution in [0, 0.1) is 6.92 Å². The van der Waals surface area contributed by atoms with Gasteiger partial charge in [-0.2, -0.15) is 4.98 Å². The predicted molar refractivity (Wildman–Crippen MR) is 99.5 cm³/mol. The van der Waals surface area contributed by atoms with Gasteiger partial charge in [-0.25, -0.2) is 0 Å². The van der Waals surface area contributed by atoms with E-state index in [0.29, 0.717) is 22.5 Å². The Bertz CT molecular complexity index is 1130. The first-order valence-electron chi connectivity index (χ1n) is 8.11. The van der Waals surface area contributed by atoms with Crippen LogP contribution in [0.3, 0.4) is 0 Å². The highest BCUT2D eigenvalue weighted by molar-refractivity contribution is 6.06. The van der Waals surface area contributed by atoms with Crippen LogP contribution in [0.1, 0.15) is 15.9 Å². The van der Waals surface area contributed by atoms with Gasteiger partial charge in [-0.3, -0.25) is 10.1 Å². The Balaban J connectivity index is 1.69. The number of methoxy groups -OCH3 is 1. The second kappa shape index (κ2) is 6.11. The average molecular weight is 347 g/mol. The Morgan fingerprint density at radius 3 is 2.62 bits per heavy atom. The lowest BCUT2D eigenvalue weighted by Crippen LogP contribution is -2.14. The number of ether oxygens (including phenoxy) is 1. The fourth-order valence-corrected chi connectivity index (χ4v) is 2.94. The quantitative estimate of drug-likeness (QED) is 0.616. The van der Waals surface area contributed by atoms with Crippen molar-refractivity contribution in [1.29, 1.82) is 0 Å². The number of rotatable bonds is 3. The second-order valence-electron chi connectivity index (χ2n) is 6.07. The summed E-state index contributed by atoms with van der Waals surface area (Å²) in [6.07, 6.45) is 0. The molecule has 0 radical (unpaired) electrons. The Labute approximate surface area is 149 Å². The summed E-state index contributed by atoms with van der Waals surface area (Å²) >= 11 is 0. The molecule has 1 amide bonds. The van der Waals surface area contributed by atoms with E-state index in [4.69, 9.17) is 4.74 Å². The van der Waals surface area contributed by atoms with Gasteiger partial charge in [0.2, 0.25) is 0 Å². The molecule has 0 fully saturated rings. The smallest absolute Gasteiger partial charge is 0.258 e. The maximum absolute atomic E-state index is 12.4. The molecule has 2 heterocycles. The van der Waals surface area contributed by atoms with Crippen LogP contribution in [-0.2, 0) is 7.05 Å². The van der Waals surface area contributed by atoms with Crippen LogP contribution in [-0.4, -0.2) is 32.8 Å². The third-order valence-electron chi connectivity index (χ3n) is 4.33. The van der Waals surface area contributed by atoms with Gasteiger partial charge in [0.25, 0.3) is 11.9 Å². The van der Waals surface area contributed by atoms with Gasteiger partial charge in [-0.1, -0.05) is 11.6 Å². The van der Waals surface area contributed by atoms with E-state index in [0.717, 1.165) is 16.5 Å². The summed E-state index contributed by atoms with van der Waals surface area (Å²) in [4.78, 5) is 16.9. The van der Waals surface area contributed by atoms with E-state index >= 15 is 0 Å². The Morgan fingerprint density at radius 1 is 1.12 bits per heavy atom. The molecule has 0 aliphatic rings. The highest BCUT2D eigenvalue weighted by atomic mass is 16.5. The third kappa shape index (κ3) is 2.63. The number of hydrogen-bond donors (Lipinski definition) is 1. The molecule has 0 saturated carbocycles. The van der Waals surface area contributed by atoms with Gasteiger partial charge in [0.05, 0.1) is 12.6 Å². The summed E-state index contributed by atoms with van der Waals surface area (Å²) in [5.74, 6) is 0.552. The standard InChI is InChI=1S/C19H17N5O2/c1-11-4-9-15-14(10-11)16-17(24(15)2)20-19(23-22-16)21-18(25)12-5-7-13(26-3)8-6-12/h4-10H,1-3H3,(H,20,21,23,25). The van der Waals surface area contributed by atoms with Crippen LogP contribution in [0.4, 0.5) is 5.95 Å². The molecule has 7 nitrogen and oxygen atoms in total.